The molecule has 2 fully saturated rings. The molecule has 15 heteroatoms. The van der Waals surface area contributed by atoms with Gasteiger partial charge in [0.25, 0.3) is 0 Å². The third kappa shape index (κ3) is 23.1. The molecule has 0 spiro atoms. The van der Waals surface area contributed by atoms with Gasteiger partial charge in [0, 0.05) is 12.8 Å². The SMILES string of the molecule is CC/C=C/C/C=C/CCCCCCCC(=O)OCC(CO[C@@H]1O[C@H](CO[C@@H]2O[C@H](CO)[C@H](O)C(O)C2O)[C@H](O)C(O)C1O)OC(=O)CC/C=C/C/C=C/CCCCCCCC. The van der Waals surface area contributed by atoms with Gasteiger partial charge in [-0.15, -0.1) is 0 Å². The summed E-state index contributed by atoms with van der Waals surface area (Å²) < 4.78 is 33.3. The van der Waals surface area contributed by atoms with E-state index in [4.69, 9.17) is 28.4 Å². The van der Waals surface area contributed by atoms with Crippen molar-refractivity contribution in [3.63, 3.8) is 0 Å². The molecule has 0 aromatic rings. The highest BCUT2D eigenvalue weighted by Crippen LogP contribution is 2.26. The van der Waals surface area contributed by atoms with E-state index in [0.717, 1.165) is 57.8 Å². The van der Waals surface area contributed by atoms with Crippen LogP contribution >= 0.6 is 0 Å². The van der Waals surface area contributed by atoms with Gasteiger partial charge in [0.15, 0.2) is 18.7 Å². The number of aliphatic hydroxyl groups is 7. The van der Waals surface area contributed by atoms with Crippen LogP contribution in [0.15, 0.2) is 48.6 Å². The minimum atomic E-state index is -1.78. The van der Waals surface area contributed by atoms with Crippen molar-refractivity contribution < 1.29 is 73.8 Å². The number of hydrogen-bond donors (Lipinski definition) is 7. The Labute approximate surface area is 363 Å². The Balaban J connectivity index is 1.89. The zero-order chi connectivity index (χ0) is 44.7. The molecule has 0 aromatic carbocycles. The Morgan fingerprint density at radius 1 is 0.541 bits per heavy atom. The fraction of sp³-hybridized carbons (Fsp3) is 0.783. The molecule has 2 aliphatic rings. The van der Waals surface area contributed by atoms with Gasteiger partial charge in [-0.05, 0) is 57.8 Å². The van der Waals surface area contributed by atoms with E-state index < -0.39 is 99.3 Å². The third-order valence-electron chi connectivity index (χ3n) is 10.6. The highest BCUT2D eigenvalue weighted by Gasteiger charge is 2.47. The topological polar surface area (TPSA) is 231 Å². The number of rotatable bonds is 33. The average molecular weight is 871 g/mol. The van der Waals surface area contributed by atoms with E-state index in [-0.39, 0.29) is 19.4 Å². The van der Waals surface area contributed by atoms with E-state index in [2.05, 4.69) is 50.3 Å². The summed E-state index contributed by atoms with van der Waals surface area (Å²) in [5, 5.41) is 71.8. The number of unbranched alkanes of at least 4 members (excludes halogenated alkanes) is 11. The summed E-state index contributed by atoms with van der Waals surface area (Å²) >= 11 is 0. The van der Waals surface area contributed by atoms with E-state index in [0.29, 0.717) is 12.8 Å². The second-order valence-corrected chi connectivity index (χ2v) is 15.8. The Hall–Kier alpha value is -2.54. The third-order valence-corrected chi connectivity index (χ3v) is 10.6. The second-order valence-electron chi connectivity index (χ2n) is 15.8. The predicted molar refractivity (Wildman–Crippen MR) is 229 cm³/mol. The second kappa shape index (κ2) is 33.9. The highest BCUT2D eigenvalue weighted by molar-refractivity contribution is 5.70. The van der Waals surface area contributed by atoms with Gasteiger partial charge in [-0.2, -0.15) is 0 Å². The van der Waals surface area contributed by atoms with Gasteiger partial charge in [0.1, 0.15) is 55.4 Å². The van der Waals surface area contributed by atoms with Crippen LogP contribution in [-0.2, 0) is 38.0 Å². The van der Waals surface area contributed by atoms with Crippen molar-refractivity contribution in [3.05, 3.63) is 48.6 Å². The zero-order valence-corrected chi connectivity index (χ0v) is 36.6. The van der Waals surface area contributed by atoms with Gasteiger partial charge < -0.3 is 64.2 Å². The number of carbonyl (C=O) groups is 2. The molecular weight excluding hydrogens is 792 g/mol. The molecule has 352 valence electrons. The zero-order valence-electron chi connectivity index (χ0n) is 36.6. The lowest BCUT2D eigenvalue weighted by atomic mass is 9.98. The molecule has 2 rings (SSSR count). The predicted octanol–water partition coefficient (Wildman–Crippen LogP) is 4.76. The van der Waals surface area contributed by atoms with Gasteiger partial charge in [-0.25, -0.2) is 0 Å². The molecule has 2 heterocycles. The molecule has 0 aliphatic carbocycles. The van der Waals surface area contributed by atoms with Crippen LogP contribution in [0, 0.1) is 0 Å². The monoisotopic (exact) mass is 871 g/mol. The Morgan fingerprint density at radius 3 is 1.67 bits per heavy atom. The van der Waals surface area contributed by atoms with Gasteiger partial charge in [0.2, 0.25) is 0 Å². The molecule has 0 aromatic heterocycles. The van der Waals surface area contributed by atoms with Crippen LogP contribution in [-0.4, -0.2) is 142 Å². The lowest BCUT2D eigenvalue weighted by Crippen LogP contribution is -2.61. The molecule has 61 heavy (non-hydrogen) atoms. The Bertz CT molecular complexity index is 1260. The van der Waals surface area contributed by atoms with Crippen LogP contribution in [0.4, 0.5) is 0 Å². The van der Waals surface area contributed by atoms with E-state index in [1.807, 2.05) is 12.2 Å². The lowest BCUT2D eigenvalue weighted by Gasteiger charge is -2.42. The molecule has 5 unspecified atom stereocenters. The first-order chi connectivity index (χ1) is 29.5. The number of esters is 2. The average Bonchev–Trinajstić information content (AvgIpc) is 3.25. The maximum absolute atomic E-state index is 12.9. The van der Waals surface area contributed by atoms with E-state index in [1.54, 1.807) is 0 Å². The van der Waals surface area contributed by atoms with Gasteiger partial charge in [-0.3, -0.25) is 9.59 Å². The fourth-order valence-electron chi connectivity index (χ4n) is 6.78. The number of hydrogen-bond acceptors (Lipinski definition) is 15. The number of ether oxygens (including phenoxy) is 6. The molecule has 0 bridgehead atoms. The van der Waals surface area contributed by atoms with Gasteiger partial charge in [-0.1, -0.05) is 114 Å². The lowest BCUT2D eigenvalue weighted by molar-refractivity contribution is -0.332. The molecule has 0 saturated carbocycles. The summed E-state index contributed by atoms with van der Waals surface area (Å²) in [6.45, 7) is 2.36. The summed E-state index contributed by atoms with van der Waals surface area (Å²) in [4.78, 5) is 25.5. The van der Waals surface area contributed by atoms with Crippen LogP contribution in [0.3, 0.4) is 0 Å². The normalized spacial score (nSPS) is 27.8. The van der Waals surface area contributed by atoms with Crippen LogP contribution in [0.5, 0.6) is 0 Å². The van der Waals surface area contributed by atoms with Crippen molar-refractivity contribution in [1.82, 2.24) is 0 Å². The van der Waals surface area contributed by atoms with Crippen LogP contribution in [0.25, 0.3) is 0 Å². The van der Waals surface area contributed by atoms with Gasteiger partial charge in [0.05, 0.1) is 19.8 Å². The first-order valence-corrected chi connectivity index (χ1v) is 22.7. The van der Waals surface area contributed by atoms with Crippen molar-refractivity contribution >= 4 is 11.9 Å². The summed E-state index contributed by atoms with van der Waals surface area (Å²) in [6, 6.07) is 0. The quantitative estimate of drug-likeness (QED) is 0.0268. The molecule has 2 saturated heterocycles. The summed E-state index contributed by atoms with van der Waals surface area (Å²) in [6.07, 6.45) is 17.5. The molecule has 7 N–H and O–H groups in total. The number of carbonyl (C=O) groups excluding carboxylic acids is 2. The van der Waals surface area contributed by atoms with E-state index >= 15 is 0 Å². The fourth-order valence-corrected chi connectivity index (χ4v) is 6.78. The maximum Gasteiger partial charge on any atom is 0.306 e. The van der Waals surface area contributed by atoms with Gasteiger partial charge >= 0.3 is 11.9 Å². The van der Waals surface area contributed by atoms with Crippen molar-refractivity contribution in [3.8, 4) is 0 Å². The highest BCUT2D eigenvalue weighted by atomic mass is 16.7. The molecule has 15 nitrogen and oxygen atoms in total. The minimum absolute atomic E-state index is 0.0545. The maximum atomic E-state index is 12.9. The first-order valence-electron chi connectivity index (χ1n) is 22.7. The van der Waals surface area contributed by atoms with Crippen molar-refractivity contribution in [2.75, 3.05) is 26.4 Å². The molecule has 0 radical (unpaired) electrons. The minimum Gasteiger partial charge on any atom is -0.462 e. The summed E-state index contributed by atoms with van der Waals surface area (Å²) in [5.41, 5.74) is 0. The van der Waals surface area contributed by atoms with E-state index in [1.165, 1.54) is 38.5 Å². The Morgan fingerprint density at radius 2 is 1.07 bits per heavy atom. The largest absolute Gasteiger partial charge is 0.462 e. The van der Waals surface area contributed by atoms with Crippen molar-refractivity contribution in [1.29, 1.82) is 0 Å². The standard InChI is InChI=1S/C46H78O15/c1-3-5-7-9-11-13-15-17-19-21-23-25-27-29-38(49)59-34(31-56-37(48)28-26-24-22-20-18-16-14-12-10-8-6-4-2)32-57-45-44(55)42(53)40(51)36(61-45)33-58-46-43(54)41(52)39(50)35(30-47)60-46/h6,8,12,14,17,19,23,25,34-36,39-47,50-55H,3-5,7,9-11,13,15-16,18,20-22,24,26-33H2,1-2H3/b8-6+,14-12+,19-17+,25-23+/t34?,35-,36-,39+,40+,41?,42?,43?,44?,45-,46-/m1/s1. The first kappa shape index (κ1) is 54.6. The van der Waals surface area contributed by atoms with Crippen molar-refractivity contribution in [2.45, 2.75) is 203 Å². The van der Waals surface area contributed by atoms with Crippen LogP contribution < -0.4 is 0 Å². The summed E-state index contributed by atoms with van der Waals surface area (Å²) in [5.74, 6) is -1.03. The van der Waals surface area contributed by atoms with Crippen LogP contribution in [0.1, 0.15) is 136 Å². The molecule has 0 amide bonds. The molecular formula is C46H78O15. The van der Waals surface area contributed by atoms with Crippen molar-refractivity contribution in [2.24, 2.45) is 0 Å². The molecule has 11 atom stereocenters. The summed E-state index contributed by atoms with van der Waals surface area (Å²) in [7, 11) is 0. The molecule has 2 aliphatic heterocycles. The smallest absolute Gasteiger partial charge is 0.306 e. The van der Waals surface area contributed by atoms with Crippen LogP contribution in [0.2, 0.25) is 0 Å². The number of allylic oxidation sites excluding steroid dienone is 8. The van der Waals surface area contributed by atoms with E-state index in [9.17, 15) is 45.3 Å². The Kier molecular flexibility index (Phi) is 30.4. The number of aliphatic hydroxyl groups excluding tert-OH is 7.